The van der Waals surface area contributed by atoms with E-state index in [1.165, 1.54) is 6.07 Å². The minimum absolute atomic E-state index is 0.0261. The fourth-order valence-corrected chi connectivity index (χ4v) is 4.24. The van der Waals surface area contributed by atoms with Crippen LogP contribution in [-0.4, -0.2) is 25.0 Å². The van der Waals surface area contributed by atoms with Crippen molar-refractivity contribution < 1.29 is 18.3 Å². The molecule has 1 aromatic rings. The topological polar surface area (TPSA) is 107 Å². The van der Waals surface area contributed by atoms with Crippen molar-refractivity contribution >= 4 is 16.0 Å². The first kappa shape index (κ1) is 15.5. The zero-order chi connectivity index (χ0) is 15.7. The smallest absolute Gasteiger partial charge is 0.305 e. The summed E-state index contributed by atoms with van der Waals surface area (Å²) in [6.07, 6.45) is 1.58. The van der Waals surface area contributed by atoms with Gasteiger partial charge in [-0.2, -0.15) is 5.26 Å². The zero-order valence-electron chi connectivity index (χ0n) is 11.6. The molecule has 0 bridgehead atoms. The van der Waals surface area contributed by atoms with Gasteiger partial charge in [0.05, 0.1) is 22.9 Å². The summed E-state index contributed by atoms with van der Waals surface area (Å²) in [7, 11) is -3.85. The molecule has 1 aliphatic rings. The molecule has 0 radical (unpaired) electrons. The number of rotatable bonds is 5. The number of benzene rings is 1. The lowest BCUT2D eigenvalue weighted by atomic mass is 9.75. The van der Waals surface area contributed by atoms with Gasteiger partial charge in [0.25, 0.3) is 0 Å². The number of hydrogen-bond acceptors (Lipinski definition) is 4. The van der Waals surface area contributed by atoms with E-state index in [2.05, 4.69) is 4.72 Å². The lowest BCUT2D eigenvalue weighted by Crippen LogP contribution is -2.54. The third-order valence-corrected chi connectivity index (χ3v) is 5.48. The zero-order valence-corrected chi connectivity index (χ0v) is 12.4. The molecule has 1 aromatic carbocycles. The molecule has 7 heteroatoms. The molecule has 0 unspecified atom stereocenters. The quantitative estimate of drug-likeness (QED) is 0.858. The maximum absolute atomic E-state index is 12.5. The Kier molecular flexibility index (Phi) is 4.03. The molecule has 6 nitrogen and oxygen atoms in total. The van der Waals surface area contributed by atoms with Crippen molar-refractivity contribution in [2.45, 2.75) is 43.0 Å². The van der Waals surface area contributed by atoms with Gasteiger partial charge in [-0.05, 0) is 43.9 Å². The summed E-state index contributed by atoms with van der Waals surface area (Å²) in [4.78, 5) is 10.9. The standard InChI is InChI=1S/C14H16N2O4S/c1-10-3-4-11(9-15)7-12(10)21(19,20)16-14(5-2-6-14)8-13(17)18/h3-4,7,16H,2,5-6,8H2,1H3,(H,17,18). The Hall–Kier alpha value is -1.91. The Morgan fingerprint density at radius 1 is 1.48 bits per heavy atom. The molecule has 2 rings (SSSR count). The summed E-state index contributed by atoms with van der Waals surface area (Å²) in [5.41, 5.74) is -0.132. The van der Waals surface area contributed by atoms with E-state index >= 15 is 0 Å². The predicted octanol–water partition coefficient (Wildman–Crippen LogP) is 1.54. The lowest BCUT2D eigenvalue weighted by molar-refractivity contribution is -0.139. The van der Waals surface area contributed by atoms with Gasteiger partial charge >= 0.3 is 5.97 Å². The van der Waals surface area contributed by atoms with Gasteiger partial charge in [-0.1, -0.05) is 6.07 Å². The van der Waals surface area contributed by atoms with Crippen LogP contribution in [-0.2, 0) is 14.8 Å². The van der Waals surface area contributed by atoms with Crippen LogP contribution < -0.4 is 4.72 Å². The molecular formula is C14H16N2O4S. The molecule has 0 spiro atoms. The minimum atomic E-state index is -3.85. The fraction of sp³-hybridized carbons (Fsp3) is 0.429. The predicted molar refractivity (Wildman–Crippen MR) is 75.1 cm³/mol. The molecular weight excluding hydrogens is 292 g/mol. The average Bonchev–Trinajstić information content (AvgIpc) is 2.35. The summed E-state index contributed by atoms with van der Waals surface area (Å²) in [5, 5.41) is 17.8. The Labute approximate surface area is 123 Å². The van der Waals surface area contributed by atoms with Gasteiger partial charge < -0.3 is 5.11 Å². The van der Waals surface area contributed by atoms with Crippen LogP contribution in [0.15, 0.2) is 23.1 Å². The molecule has 2 N–H and O–H groups in total. The number of nitrogens with zero attached hydrogens (tertiary/aromatic N) is 1. The lowest BCUT2D eigenvalue weighted by Gasteiger charge is -2.41. The summed E-state index contributed by atoms with van der Waals surface area (Å²) in [6.45, 7) is 1.64. The van der Waals surface area contributed by atoms with E-state index in [9.17, 15) is 13.2 Å². The van der Waals surface area contributed by atoms with Crippen molar-refractivity contribution in [3.8, 4) is 6.07 Å². The molecule has 1 aliphatic carbocycles. The van der Waals surface area contributed by atoms with E-state index in [0.717, 1.165) is 6.42 Å². The normalized spacial score (nSPS) is 16.8. The second-order valence-corrected chi connectivity index (χ2v) is 7.05. The van der Waals surface area contributed by atoms with Gasteiger partial charge in [-0.15, -0.1) is 0 Å². The third kappa shape index (κ3) is 3.23. The maximum atomic E-state index is 12.5. The summed E-state index contributed by atoms with van der Waals surface area (Å²) >= 11 is 0. The van der Waals surface area contributed by atoms with E-state index < -0.39 is 21.5 Å². The van der Waals surface area contributed by atoms with Gasteiger partial charge in [0.1, 0.15) is 0 Å². The molecule has 1 saturated carbocycles. The third-order valence-electron chi connectivity index (χ3n) is 3.76. The van der Waals surface area contributed by atoms with Crippen molar-refractivity contribution in [1.82, 2.24) is 4.72 Å². The largest absolute Gasteiger partial charge is 0.481 e. The monoisotopic (exact) mass is 308 g/mol. The summed E-state index contributed by atoms with van der Waals surface area (Å²) in [6, 6.07) is 6.33. The van der Waals surface area contributed by atoms with Crippen molar-refractivity contribution in [2.75, 3.05) is 0 Å². The molecule has 21 heavy (non-hydrogen) atoms. The second-order valence-electron chi connectivity index (χ2n) is 5.40. The van der Waals surface area contributed by atoms with Gasteiger partial charge in [-0.25, -0.2) is 13.1 Å². The number of nitriles is 1. The van der Waals surface area contributed by atoms with Crippen LogP contribution >= 0.6 is 0 Å². The van der Waals surface area contributed by atoms with Gasteiger partial charge in [0.2, 0.25) is 10.0 Å². The highest BCUT2D eigenvalue weighted by Gasteiger charge is 2.42. The van der Waals surface area contributed by atoms with Gasteiger partial charge in [0.15, 0.2) is 0 Å². The van der Waals surface area contributed by atoms with Crippen molar-refractivity contribution in [3.05, 3.63) is 29.3 Å². The van der Waals surface area contributed by atoms with E-state index in [4.69, 9.17) is 10.4 Å². The van der Waals surface area contributed by atoms with Crippen LogP contribution in [0.1, 0.15) is 36.8 Å². The average molecular weight is 308 g/mol. The number of nitrogens with one attached hydrogen (secondary N) is 1. The number of aliphatic carboxylic acids is 1. The maximum Gasteiger partial charge on any atom is 0.305 e. The molecule has 0 heterocycles. The van der Waals surface area contributed by atoms with E-state index in [0.29, 0.717) is 18.4 Å². The van der Waals surface area contributed by atoms with E-state index in [-0.39, 0.29) is 16.9 Å². The Morgan fingerprint density at radius 3 is 2.62 bits per heavy atom. The highest BCUT2D eigenvalue weighted by Crippen LogP contribution is 2.36. The van der Waals surface area contributed by atoms with Crippen molar-refractivity contribution in [3.63, 3.8) is 0 Å². The highest BCUT2D eigenvalue weighted by molar-refractivity contribution is 7.89. The fourth-order valence-electron chi connectivity index (χ4n) is 2.51. The van der Waals surface area contributed by atoms with Crippen molar-refractivity contribution in [1.29, 1.82) is 5.26 Å². The Balaban J connectivity index is 2.34. The van der Waals surface area contributed by atoms with E-state index in [1.54, 1.807) is 19.1 Å². The van der Waals surface area contributed by atoms with Crippen LogP contribution in [0, 0.1) is 18.3 Å². The first-order valence-electron chi connectivity index (χ1n) is 6.55. The first-order valence-corrected chi connectivity index (χ1v) is 8.03. The van der Waals surface area contributed by atoms with Crippen LogP contribution in [0.3, 0.4) is 0 Å². The number of aryl methyl sites for hydroxylation is 1. The molecule has 0 saturated heterocycles. The molecule has 0 aromatic heterocycles. The molecule has 0 aliphatic heterocycles. The van der Waals surface area contributed by atoms with Gasteiger partial charge in [-0.3, -0.25) is 4.79 Å². The molecule has 0 amide bonds. The Bertz CT molecular complexity index is 715. The van der Waals surface area contributed by atoms with Crippen LogP contribution in [0.5, 0.6) is 0 Å². The summed E-state index contributed by atoms with van der Waals surface area (Å²) < 4.78 is 27.5. The van der Waals surface area contributed by atoms with Gasteiger partial charge in [0, 0.05) is 5.54 Å². The summed E-state index contributed by atoms with van der Waals surface area (Å²) in [5.74, 6) is -1.03. The minimum Gasteiger partial charge on any atom is -0.481 e. The van der Waals surface area contributed by atoms with E-state index in [1.807, 2.05) is 6.07 Å². The highest BCUT2D eigenvalue weighted by atomic mass is 32.2. The number of carbonyl (C=O) groups is 1. The number of carboxylic acid groups (broad SMARTS) is 1. The van der Waals surface area contributed by atoms with Crippen LogP contribution in [0.2, 0.25) is 0 Å². The molecule has 1 fully saturated rings. The molecule has 112 valence electrons. The van der Waals surface area contributed by atoms with Crippen molar-refractivity contribution in [2.24, 2.45) is 0 Å². The van der Waals surface area contributed by atoms with Crippen LogP contribution in [0.25, 0.3) is 0 Å². The number of carboxylic acids is 1. The van der Waals surface area contributed by atoms with Crippen LogP contribution in [0.4, 0.5) is 0 Å². The second kappa shape index (κ2) is 5.47. The Morgan fingerprint density at radius 2 is 2.14 bits per heavy atom. The number of hydrogen-bond donors (Lipinski definition) is 2. The first-order chi connectivity index (χ1) is 9.78. The SMILES string of the molecule is Cc1ccc(C#N)cc1S(=O)(=O)NC1(CC(=O)O)CCC1. The number of sulfonamides is 1. The molecule has 0 atom stereocenters.